The van der Waals surface area contributed by atoms with E-state index in [9.17, 15) is 5.11 Å². The smallest absolute Gasteiger partial charge is 0.0817 e. The maximum Gasteiger partial charge on any atom is 0.0817 e. The van der Waals surface area contributed by atoms with Crippen LogP contribution in [0.25, 0.3) is 10.9 Å². The van der Waals surface area contributed by atoms with Crippen LogP contribution in [0.4, 0.5) is 0 Å². The number of aliphatic hydroxyl groups excluding tert-OH is 1. The topological polar surface area (TPSA) is 36.0 Å². The number of rotatable bonds is 0. The molecule has 4 heteroatoms. The fourth-order valence-corrected chi connectivity index (χ4v) is 2.84. The number of hydrogen-bond acceptors (Lipinski definition) is 1. The first-order valence-corrected chi connectivity index (χ1v) is 5.60. The van der Waals surface area contributed by atoms with Gasteiger partial charge in [-0.25, -0.2) is 0 Å². The number of halogens is 2. The van der Waals surface area contributed by atoms with Crippen LogP contribution in [0, 0.1) is 0 Å². The van der Waals surface area contributed by atoms with E-state index < -0.39 is 0 Å². The summed E-state index contributed by atoms with van der Waals surface area (Å²) in [5, 5.41) is 12.0. The van der Waals surface area contributed by atoms with Crippen molar-refractivity contribution in [2.75, 3.05) is 0 Å². The Labute approximate surface area is 96.8 Å². The highest BCUT2D eigenvalue weighted by atomic mass is 35.5. The van der Waals surface area contributed by atoms with Crippen molar-refractivity contribution in [2.24, 2.45) is 0 Å². The maximum absolute atomic E-state index is 9.84. The Morgan fingerprint density at radius 1 is 1.33 bits per heavy atom. The zero-order chi connectivity index (χ0) is 10.6. The van der Waals surface area contributed by atoms with Crippen LogP contribution in [-0.4, -0.2) is 10.1 Å². The fraction of sp³-hybridized carbons (Fsp3) is 0.273. The van der Waals surface area contributed by atoms with E-state index in [2.05, 4.69) is 4.98 Å². The molecule has 0 fully saturated rings. The van der Waals surface area contributed by atoms with Crippen LogP contribution in [0.5, 0.6) is 0 Å². The van der Waals surface area contributed by atoms with Gasteiger partial charge in [0, 0.05) is 21.7 Å². The molecule has 15 heavy (non-hydrogen) atoms. The molecule has 1 aliphatic carbocycles. The van der Waals surface area contributed by atoms with Gasteiger partial charge in [0.1, 0.15) is 0 Å². The Hall–Kier alpha value is -0.700. The van der Waals surface area contributed by atoms with Crippen LogP contribution in [0.2, 0.25) is 10.0 Å². The summed E-state index contributed by atoms with van der Waals surface area (Å²) < 4.78 is 0. The zero-order valence-corrected chi connectivity index (χ0v) is 9.36. The zero-order valence-electron chi connectivity index (χ0n) is 7.85. The Morgan fingerprint density at radius 3 is 2.93 bits per heavy atom. The first-order valence-electron chi connectivity index (χ1n) is 4.84. The van der Waals surface area contributed by atoms with Crippen molar-refractivity contribution in [3.8, 4) is 0 Å². The normalized spacial score (nSPS) is 19.8. The summed E-state index contributed by atoms with van der Waals surface area (Å²) in [5.41, 5.74) is 2.93. The van der Waals surface area contributed by atoms with Gasteiger partial charge in [-0.3, -0.25) is 0 Å². The highest BCUT2D eigenvalue weighted by Crippen LogP contribution is 2.40. The molecule has 0 saturated carbocycles. The van der Waals surface area contributed by atoms with E-state index in [0.717, 1.165) is 35.0 Å². The number of aromatic nitrogens is 1. The van der Waals surface area contributed by atoms with Crippen LogP contribution in [0.3, 0.4) is 0 Å². The molecule has 1 heterocycles. The molecule has 3 rings (SSSR count). The van der Waals surface area contributed by atoms with E-state index in [1.807, 2.05) is 6.07 Å². The summed E-state index contributed by atoms with van der Waals surface area (Å²) in [7, 11) is 0. The number of aryl methyl sites for hydroxylation is 1. The molecule has 0 amide bonds. The van der Waals surface area contributed by atoms with Crippen LogP contribution in [0.15, 0.2) is 12.1 Å². The Morgan fingerprint density at radius 2 is 2.13 bits per heavy atom. The Bertz CT molecular complexity index is 547. The third kappa shape index (κ3) is 1.29. The molecule has 2 N–H and O–H groups in total. The van der Waals surface area contributed by atoms with E-state index in [4.69, 9.17) is 23.2 Å². The van der Waals surface area contributed by atoms with E-state index in [1.54, 1.807) is 6.07 Å². The average molecular weight is 242 g/mol. The lowest BCUT2D eigenvalue weighted by Gasteiger charge is -2.02. The molecule has 1 aromatic carbocycles. The third-order valence-electron chi connectivity index (χ3n) is 2.95. The van der Waals surface area contributed by atoms with Crippen LogP contribution in [-0.2, 0) is 6.42 Å². The average Bonchev–Trinajstić information content (AvgIpc) is 2.68. The molecular weight excluding hydrogens is 233 g/mol. The van der Waals surface area contributed by atoms with Gasteiger partial charge in [0.05, 0.1) is 16.6 Å². The van der Waals surface area contributed by atoms with Gasteiger partial charge in [-0.1, -0.05) is 23.2 Å². The van der Waals surface area contributed by atoms with Crippen LogP contribution >= 0.6 is 23.2 Å². The van der Waals surface area contributed by atoms with E-state index in [1.165, 1.54) is 0 Å². The summed E-state index contributed by atoms with van der Waals surface area (Å²) in [6, 6.07) is 3.57. The predicted molar refractivity (Wildman–Crippen MR) is 61.6 cm³/mol. The van der Waals surface area contributed by atoms with Gasteiger partial charge in [-0.05, 0) is 25.0 Å². The number of aliphatic hydroxyl groups is 1. The lowest BCUT2D eigenvalue weighted by Crippen LogP contribution is -1.88. The Kier molecular flexibility index (Phi) is 2.00. The molecule has 0 aliphatic heterocycles. The second kappa shape index (κ2) is 3.14. The van der Waals surface area contributed by atoms with E-state index in [0.29, 0.717) is 10.0 Å². The molecule has 1 atom stereocenters. The molecule has 0 saturated heterocycles. The monoisotopic (exact) mass is 241 g/mol. The number of H-pyrrole nitrogens is 1. The molecule has 0 bridgehead atoms. The Balaban J connectivity index is 2.41. The molecule has 2 aromatic rings. The van der Waals surface area contributed by atoms with Crippen molar-refractivity contribution in [3.63, 3.8) is 0 Å². The van der Waals surface area contributed by atoms with Gasteiger partial charge < -0.3 is 10.1 Å². The molecule has 78 valence electrons. The van der Waals surface area contributed by atoms with Crippen molar-refractivity contribution >= 4 is 34.1 Å². The van der Waals surface area contributed by atoms with Gasteiger partial charge in [0.15, 0.2) is 0 Å². The van der Waals surface area contributed by atoms with Crippen LogP contribution < -0.4 is 0 Å². The fourth-order valence-electron chi connectivity index (χ4n) is 2.30. The van der Waals surface area contributed by atoms with Crippen molar-refractivity contribution < 1.29 is 5.11 Å². The highest BCUT2D eigenvalue weighted by Gasteiger charge is 2.25. The largest absolute Gasteiger partial charge is 0.388 e. The van der Waals surface area contributed by atoms with Gasteiger partial charge >= 0.3 is 0 Å². The summed E-state index contributed by atoms with van der Waals surface area (Å²) in [4.78, 5) is 3.25. The number of benzene rings is 1. The standard InChI is InChI=1S/C11H9Cl2NO/c12-5-3-6-10-8(1-2-9(10)15)14-11(6)7(13)4-5/h3-4,9,14-15H,1-2H2. The molecule has 0 spiro atoms. The summed E-state index contributed by atoms with van der Waals surface area (Å²) in [5.74, 6) is 0. The SMILES string of the molecule is OC1CCc2[nH]c3c(Cl)cc(Cl)cc3c21. The first kappa shape index (κ1) is 9.52. The molecule has 1 unspecified atom stereocenters. The van der Waals surface area contributed by atoms with E-state index in [-0.39, 0.29) is 6.10 Å². The van der Waals surface area contributed by atoms with E-state index >= 15 is 0 Å². The van der Waals surface area contributed by atoms with Gasteiger partial charge in [-0.2, -0.15) is 0 Å². The third-order valence-corrected chi connectivity index (χ3v) is 3.46. The lowest BCUT2D eigenvalue weighted by molar-refractivity contribution is 0.181. The van der Waals surface area contributed by atoms with Crippen LogP contribution in [0.1, 0.15) is 23.8 Å². The summed E-state index contributed by atoms with van der Waals surface area (Å²) >= 11 is 12.0. The lowest BCUT2D eigenvalue weighted by atomic mass is 10.1. The first-order chi connectivity index (χ1) is 7.16. The quantitative estimate of drug-likeness (QED) is 0.729. The number of nitrogens with one attached hydrogen (secondary N) is 1. The molecule has 1 aliphatic rings. The second-order valence-corrected chi connectivity index (χ2v) is 4.73. The number of hydrogen-bond donors (Lipinski definition) is 2. The minimum atomic E-state index is -0.386. The minimum Gasteiger partial charge on any atom is -0.388 e. The van der Waals surface area contributed by atoms with Crippen molar-refractivity contribution in [3.05, 3.63) is 33.4 Å². The van der Waals surface area contributed by atoms with Gasteiger partial charge in [-0.15, -0.1) is 0 Å². The molecule has 2 nitrogen and oxygen atoms in total. The molecule has 0 radical (unpaired) electrons. The van der Waals surface area contributed by atoms with Crippen molar-refractivity contribution in [2.45, 2.75) is 18.9 Å². The molecule has 1 aromatic heterocycles. The highest BCUT2D eigenvalue weighted by molar-refractivity contribution is 6.38. The minimum absolute atomic E-state index is 0.386. The summed E-state index contributed by atoms with van der Waals surface area (Å²) in [6.07, 6.45) is 1.27. The molecular formula is C11H9Cl2NO. The second-order valence-electron chi connectivity index (χ2n) is 3.88. The van der Waals surface area contributed by atoms with Crippen molar-refractivity contribution in [1.82, 2.24) is 4.98 Å². The summed E-state index contributed by atoms with van der Waals surface area (Å²) in [6.45, 7) is 0. The predicted octanol–water partition coefficient (Wildman–Crippen LogP) is 3.45. The van der Waals surface area contributed by atoms with Gasteiger partial charge in [0.2, 0.25) is 0 Å². The van der Waals surface area contributed by atoms with Crippen molar-refractivity contribution in [1.29, 1.82) is 0 Å². The number of aromatic amines is 1. The number of fused-ring (bicyclic) bond motifs is 3. The van der Waals surface area contributed by atoms with Gasteiger partial charge in [0.25, 0.3) is 0 Å². The maximum atomic E-state index is 9.84.